The van der Waals surface area contributed by atoms with Gasteiger partial charge in [-0.1, -0.05) is 12.1 Å². The third-order valence-corrected chi connectivity index (χ3v) is 6.47. The number of hydrogen-bond donors (Lipinski definition) is 2. The Kier molecular flexibility index (Phi) is 5.91. The molecule has 2 N–H and O–H groups in total. The van der Waals surface area contributed by atoms with Crippen LogP contribution in [0.1, 0.15) is 55.6 Å². The number of methoxy groups -OCH3 is 1. The third kappa shape index (κ3) is 3.61. The molecular formula is C25H27NO6. The van der Waals surface area contributed by atoms with Crippen molar-refractivity contribution in [3.8, 4) is 11.5 Å². The number of aliphatic carboxylic acids is 1. The van der Waals surface area contributed by atoms with Crippen LogP contribution in [0.4, 0.5) is 0 Å². The van der Waals surface area contributed by atoms with Crippen LogP contribution >= 0.6 is 0 Å². The summed E-state index contributed by atoms with van der Waals surface area (Å²) in [6.45, 7) is 3.47. The van der Waals surface area contributed by atoms with E-state index in [1.165, 1.54) is 7.11 Å². The van der Waals surface area contributed by atoms with Gasteiger partial charge in [-0.2, -0.15) is 0 Å². The fourth-order valence-corrected chi connectivity index (χ4v) is 5.20. The van der Waals surface area contributed by atoms with Gasteiger partial charge in [-0.05, 0) is 43.7 Å². The number of benzene rings is 1. The largest absolute Gasteiger partial charge is 0.504 e. The van der Waals surface area contributed by atoms with Crippen molar-refractivity contribution >= 4 is 17.5 Å². The summed E-state index contributed by atoms with van der Waals surface area (Å²) < 4.78 is 5.39. The van der Waals surface area contributed by atoms with E-state index >= 15 is 0 Å². The SMILES string of the molecule is C=CCc1cc(C2C3=C(CCCC3=O)N(CC(=O)O)C3=C2C(=O)CCC3)cc(OC)c1O. The average Bonchev–Trinajstić information content (AvgIpc) is 2.76. The van der Waals surface area contributed by atoms with Gasteiger partial charge in [0.15, 0.2) is 23.1 Å². The van der Waals surface area contributed by atoms with Gasteiger partial charge in [0.2, 0.25) is 0 Å². The second-order valence-corrected chi connectivity index (χ2v) is 8.41. The molecular weight excluding hydrogens is 410 g/mol. The number of phenolic OH excluding ortho intramolecular Hbond substituents is 1. The number of carbonyl (C=O) groups excluding carboxylic acids is 2. The molecule has 0 radical (unpaired) electrons. The van der Waals surface area contributed by atoms with Crippen LogP contribution in [0.3, 0.4) is 0 Å². The van der Waals surface area contributed by atoms with E-state index in [0.717, 1.165) is 0 Å². The number of carboxylic acid groups (broad SMARTS) is 1. The highest BCUT2D eigenvalue weighted by Crippen LogP contribution is 2.50. The van der Waals surface area contributed by atoms with E-state index in [9.17, 15) is 24.6 Å². The first-order valence-corrected chi connectivity index (χ1v) is 10.9. The Hall–Kier alpha value is -3.35. The number of Topliss-reactive ketones (excluding diaryl/α,β-unsaturated/α-hetero) is 2. The summed E-state index contributed by atoms with van der Waals surface area (Å²) in [5.74, 6) is -1.44. The number of ketones is 2. The Labute approximate surface area is 186 Å². The van der Waals surface area contributed by atoms with Gasteiger partial charge >= 0.3 is 5.97 Å². The van der Waals surface area contributed by atoms with E-state index in [-0.39, 0.29) is 29.6 Å². The maximum Gasteiger partial charge on any atom is 0.323 e. The molecule has 7 nitrogen and oxygen atoms in total. The number of phenols is 1. The number of hydrogen-bond acceptors (Lipinski definition) is 6. The smallest absolute Gasteiger partial charge is 0.323 e. The van der Waals surface area contributed by atoms with E-state index in [1.54, 1.807) is 23.1 Å². The van der Waals surface area contributed by atoms with Crippen molar-refractivity contribution in [2.45, 2.75) is 50.9 Å². The zero-order valence-corrected chi connectivity index (χ0v) is 18.1. The summed E-state index contributed by atoms with van der Waals surface area (Å²) in [5, 5.41) is 20.1. The zero-order valence-electron chi connectivity index (χ0n) is 18.1. The van der Waals surface area contributed by atoms with Crippen molar-refractivity contribution < 1.29 is 29.3 Å². The van der Waals surface area contributed by atoms with Crippen LogP contribution in [0.2, 0.25) is 0 Å². The van der Waals surface area contributed by atoms with Gasteiger partial charge in [0.1, 0.15) is 6.54 Å². The molecule has 0 unspecified atom stereocenters. The van der Waals surface area contributed by atoms with Gasteiger partial charge in [0.05, 0.1) is 7.11 Å². The molecule has 3 aliphatic rings. The fourth-order valence-electron chi connectivity index (χ4n) is 5.20. The first-order chi connectivity index (χ1) is 15.4. The molecule has 2 aliphatic carbocycles. The number of nitrogens with zero attached hydrogens (tertiary/aromatic N) is 1. The van der Waals surface area contributed by atoms with E-state index in [1.807, 2.05) is 0 Å². The van der Waals surface area contributed by atoms with Crippen LogP contribution < -0.4 is 4.74 Å². The molecule has 0 amide bonds. The number of aromatic hydroxyl groups is 1. The summed E-state index contributed by atoms with van der Waals surface area (Å²) >= 11 is 0. The minimum absolute atomic E-state index is 0.00723. The third-order valence-electron chi connectivity index (χ3n) is 6.47. The summed E-state index contributed by atoms with van der Waals surface area (Å²) in [7, 11) is 1.46. The molecule has 1 aliphatic heterocycles. The van der Waals surface area contributed by atoms with Crippen LogP contribution in [0.25, 0.3) is 0 Å². The van der Waals surface area contributed by atoms with Gasteiger partial charge in [-0.3, -0.25) is 14.4 Å². The molecule has 168 valence electrons. The Balaban J connectivity index is 1.99. The monoisotopic (exact) mass is 437 g/mol. The van der Waals surface area contributed by atoms with Gasteiger partial charge in [-0.15, -0.1) is 6.58 Å². The molecule has 0 aromatic heterocycles. The predicted octanol–water partition coefficient (Wildman–Crippen LogP) is 3.63. The minimum Gasteiger partial charge on any atom is -0.504 e. The minimum atomic E-state index is -1.00. The normalized spacial score (nSPS) is 19.1. The molecule has 1 aromatic carbocycles. The highest BCUT2D eigenvalue weighted by atomic mass is 16.5. The van der Waals surface area contributed by atoms with E-state index in [2.05, 4.69) is 6.58 Å². The maximum absolute atomic E-state index is 13.2. The van der Waals surface area contributed by atoms with Crippen LogP contribution in [-0.2, 0) is 20.8 Å². The van der Waals surface area contributed by atoms with Crippen LogP contribution in [-0.4, -0.2) is 46.3 Å². The van der Waals surface area contributed by atoms with Crippen LogP contribution in [0.15, 0.2) is 47.3 Å². The van der Waals surface area contributed by atoms with Crippen molar-refractivity contribution in [3.63, 3.8) is 0 Å². The van der Waals surface area contributed by atoms with Crippen molar-refractivity contribution in [1.82, 2.24) is 4.90 Å². The molecule has 7 heteroatoms. The van der Waals surface area contributed by atoms with E-state index in [4.69, 9.17) is 4.74 Å². The Morgan fingerprint density at radius 3 is 2.22 bits per heavy atom. The van der Waals surface area contributed by atoms with Crippen molar-refractivity contribution in [2.24, 2.45) is 0 Å². The molecule has 1 aromatic rings. The molecule has 0 atom stereocenters. The quantitative estimate of drug-likeness (QED) is 0.655. The molecule has 0 saturated carbocycles. The molecule has 0 bridgehead atoms. The lowest BCUT2D eigenvalue weighted by atomic mass is 9.70. The first-order valence-electron chi connectivity index (χ1n) is 10.9. The highest BCUT2D eigenvalue weighted by molar-refractivity contribution is 6.06. The first kappa shape index (κ1) is 21.9. The number of allylic oxidation sites excluding steroid dienone is 5. The average molecular weight is 437 g/mol. The number of carbonyl (C=O) groups is 3. The Morgan fingerprint density at radius 1 is 1.12 bits per heavy atom. The number of rotatable bonds is 6. The highest BCUT2D eigenvalue weighted by Gasteiger charge is 2.44. The summed E-state index contributed by atoms with van der Waals surface area (Å²) in [6.07, 6.45) is 5.27. The number of carboxylic acids is 1. The summed E-state index contributed by atoms with van der Waals surface area (Å²) in [4.78, 5) is 39.7. The second kappa shape index (κ2) is 8.65. The number of ether oxygens (including phenoxy) is 1. The molecule has 4 rings (SSSR count). The molecule has 32 heavy (non-hydrogen) atoms. The van der Waals surface area contributed by atoms with Gasteiger partial charge in [-0.25, -0.2) is 0 Å². The predicted molar refractivity (Wildman–Crippen MR) is 117 cm³/mol. The fraction of sp³-hybridized carbons (Fsp3) is 0.400. The lowest BCUT2D eigenvalue weighted by Crippen LogP contribution is -2.41. The lowest BCUT2D eigenvalue weighted by Gasteiger charge is -2.43. The Bertz CT molecular complexity index is 1040. The van der Waals surface area contributed by atoms with Crippen LogP contribution in [0, 0.1) is 0 Å². The zero-order chi connectivity index (χ0) is 23.0. The van der Waals surface area contributed by atoms with E-state index < -0.39 is 11.9 Å². The summed E-state index contributed by atoms with van der Waals surface area (Å²) in [5.41, 5.74) is 3.71. The molecule has 0 saturated heterocycles. The molecule has 1 heterocycles. The standard InChI is InChI=1S/C25H27NO6/c1-3-6-14-11-15(12-20(32-2)25(14)31)22-23-16(7-4-9-18(23)27)26(13-21(29)30)17-8-5-10-19(28)24(17)22/h3,11-12,22,31H,1,4-10,13H2,2H3,(H,29,30). The van der Waals surface area contributed by atoms with Crippen molar-refractivity contribution in [1.29, 1.82) is 0 Å². The van der Waals surface area contributed by atoms with Crippen molar-refractivity contribution in [3.05, 3.63) is 58.5 Å². The Morgan fingerprint density at radius 2 is 1.72 bits per heavy atom. The van der Waals surface area contributed by atoms with Crippen molar-refractivity contribution in [2.75, 3.05) is 13.7 Å². The van der Waals surface area contributed by atoms with Gasteiger partial charge < -0.3 is 19.8 Å². The topological polar surface area (TPSA) is 104 Å². The van der Waals surface area contributed by atoms with E-state index in [0.29, 0.717) is 78.6 Å². The van der Waals surface area contributed by atoms with Gasteiger partial charge in [0, 0.05) is 46.9 Å². The second-order valence-electron chi connectivity index (χ2n) is 8.41. The van der Waals surface area contributed by atoms with Crippen LogP contribution in [0.5, 0.6) is 11.5 Å². The lowest BCUT2D eigenvalue weighted by molar-refractivity contribution is -0.138. The summed E-state index contributed by atoms with van der Waals surface area (Å²) in [6, 6.07) is 3.48. The molecule has 0 spiro atoms. The van der Waals surface area contributed by atoms with Gasteiger partial charge in [0.25, 0.3) is 0 Å². The molecule has 0 fully saturated rings. The maximum atomic E-state index is 13.2.